The minimum absolute atomic E-state index is 0.191. The van der Waals surface area contributed by atoms with E-state index in [1.807, 2.05) is 0 Å². The molecule has 2 heterocycles. The Morgan fingerprint density at radius 2 is 1.82 bits per heavy atom. The quantitative estimate of drug-likeness (QED) is 0.687. The fraction of sp³-hybridized carbons (Fsp3) is 0.360. The topological polar surface area (TPSA) is 95.6 Å². The van der Waals surface area contributed by atoms with Crippen LogP contribution in [0.3, 0.4) is 0 Å². The molecule has 33 heavy (non-hydrogen) atoms. The minimum Gasteiger partial charge on any atom is -0.345 e. The zero-order valence-corrected chi connectivity index (χ0v) is 18.0. The number of hydrogen-bond donors (Lipinski definition) is 2. The molecule has 1 aliphatic carbocycles. The largest absolute Gasteiger partial charge is 0.345 e. The van der Waals surface area contributed by atoms with Crippen LogP contribution in [0.5, 0.6) is 0 Å². The van der Waals surface area contributed by atoms with Crippen molar-refractivity contribution < 1.29 is 23.6 Å². The lowest BCUT2D eigenvalue weighted by Gasteiger charge is -2.34. The van der Waals surface area contributed by atoms with Gasteiger partial charge in [-0.15, -0.1) is 0 Å². The molecule has 2 fully saturated rings. The maximum Gasteiger partial charge on any atom is 0.255 e. The van der Waals surface area contributed by atoms with Crippen molar-refractivity contribution in [3.8, 4) is 0 Å². The van der Waals surface area contributed by atoms with Crippen molar-refractivity contribution in [1.29, 1.82) is 0 Å². The molecule has 0 radical (unpaired) electrons. The van der Waals surface area contributed by atoms with Gasteiger partial charge in [-0.1, -0.05) is 18.6 Å². The lowest BCUT2D eigenvalue weighted by molar-refractivity contribution is -0.136. The summed E-state index contributed by atoms with van der Waals surface area (Å²) in [7, 11) is 0. The van der Waals surface area contributed by atoms with Crippen LogP contribution >= 0.6 is 0 Å². The maximum absolute atomic E-state index is 13.4. The number of fused-ring (bicyclic) bond motifs is 1. The third-order valence-corrected chi connectivity index (χ3v) is 6.92. The Morgan fingerprint density at radius 1 is 1.06 bits per heavy atom. The number of amides is 4. The van der Waals surface area contributed by atoms with Crippen LogP contribution < -0.4 is 10.6 Å². The zero-order valence-electron chi connectivity index (χ0n) is 18.0. The van der Waals surface area contributed by atoms with Gasteiger partial charge in [0.05, 0.1) is 6.04 Å². The second-order valence-electron chi connectivity index (χ2n) is 8.97. The molecule has 2 aromatic rings. The summed E-state index contributed by atoms with van der Waals surface area (Å²) < 4.78 is 13.4. The molecule has 7 nitrogen and oxygen atoms in total. The van der Waals surface area contributed by atoms with E-state index in [1.54, 1.807) is 30.3 Å². The van der Waals surface area contributed by atoms with E-state index in [-0.39, 0.29) is 42.5 Å². The summed E-state index contributed by atoms with van der Waals surface area (Å²) in [5, 5.41) is 5.38. The van der Waals surface area contributed by atoms with Crippen molar-refractivity contribution >= 4 is 23.6 Å². The second-order valence-corrected chi connectivity index (χ2v) is 8.97. The first kappa shape index (κ1) is 21.3. The van der Waals surface area contributed by atoms with Gasteiger partial charge in [0.1, 0.15) is 11.9 Å². The van der Waals surface area contributed by atoms with Gasteiger partial charge in [-0.3, -0.25) is 24.5 Å². The molecular weight excluding hydrogens is 425 g/mol. The van der Waals surface area contributed by atoms with Crippen molar-refractivity contribution in [3.63, 3.8) is 0 Å². The lowest BCUT2D eigenvalue weighted by Crippen LogP contribution is -2.52. The molecule has 2 atom stereocenters. The van der Waals surface area contributed by atoms with Crippen molar-refractivity contribution in [1.82, 2.24) is 15.5 Å². The van der Waals surface area contributed by atoms with Crippen LogP contribution in [-0.4, -0.2) is 34.6 Å². The highest BCUT2D eigenvalue weighted by Crippen LogP contribution is 2.38. The Labute approximate surface area is 190 Å². The molecule has 2 aromatic carbocycles. The number of hydrogen-bond acceptors (Lipinski definition) is 4. The lowest BCUT2D eigenvalue weighted by atomic mass is 9.77. The van der Waals surface area contributed by atoms with Gasteiger partial charge in [0, 0.05) is 24.1 Å². The predicted molar refractivity (Wildman–Crippen MR) is 116 cm³/mol. The molecule has 1 saturated heterocycles. The molecule has 8 heteroatoms. The molecule has 1 saturated carbocycles. The first-order chi connectivity index (χ1) is 15.9. The monoisotopic (exact) mass is 449 g/mol. The Morgan fingerprint density at radius 3 is 2.48 bits per heavy atom. The Kier molecular flexibility index (Phi) is 5.44. The smallest absolute Gasteiger partial charge is 0.255 e. The van der Waals surface area contributed by atoms with Gasteiger partial charge in [0.25, 0.3) is 11.8 Å². The zero-order chi connectivity index (χ0) is 23.1. The predicted octanol–water partition coefficient (Wildman–Crippen LogP) is 2.86. The van der Waals surface area contributed by atoms with E-state index in [2.05, 4.69) is 10.6 Å². The van der Waals surface area contributed by atoms with Gasteiger partial charge >= 0.3 is 0 Å². The first-order valence-corrected chi connectivity index (χ1v) is 11.2. The summed E-state index contributed by atoms with van der Waals surface area (Å²) in [6.45, 7) is 0.214. The van der Waals surface area contributed by atoms with Crippen LogP contribution in [-0.2, 0) is 16.1 Å². The van der Waals surface area contributed by atoms with E-state index in [1.165, 1.54) is 17.0 Å². The highest BCUT2D eigenvalue weighted by atomic mass is 19.1. The van der Waals surface area contributed by atoms with Gasteiger partial charge < -0.3 is 10.2 Å². The van der Waals surface area contributed by atoms with Crippen molar-refractivity contribution in [2.24, 2.45) is 5.92 Å². The average molecular weight is 449 g/mol. The molecule has 2 aliphatic heterocycles. The van der Waals surface area contributed by atoms with Gasteiger partial charge in [0.15, 0.2) is 0 Å². The fourth-order valence-electron chi connectivity index (χ4n) is 4.86. The summed E-state index contributed by atoms with van der Waals surface area (Å²) in [5.74, 6) is -1.34. The molecule has 2 N–H and O–H groups in total. The van der Waals surface area contributed by atoms with Gasteiger partial charge in [-0.25, -0.2) is 4.39 Å². The molecule has 170 valence electrons. The number of rotatable bonds is 5. The summed E-state index contributed by atoms with van der Waals surface area (Å²) >= 11 is 0. The third kappa shape index (κ3) is 4.01. The Balaban J connectivity index is 1.34. The highest BCUT2D eigenvalue weighted by Gasteiger charge is 2.39. The number of halogens is 1. The van der Waals surface area contributed by atoms with Gasteiger partial charge in [0.2, 0.25) is 11.8 Å². The molecular formula is C25H24FN3O4. The highest BCUT2D eigenvalue weighted by molar-refractivity contribution is 6.06. The van der Waals surface area contributed by atoms with Gasteiger partial charge in [-0.2, -0.15) is 0 Å². The number of benzene rings is 2. The van der Waals surface area contributed by atoms with Crippen LogP contribution in [0.1, 0.15) is 70.0 Å². The molecule has 3 aliphatic rings. The SMILES string of the molecule is O=C1CCC(N2Cc3cc(C(=O)N[C@@H](c4ccc(F)cc4)C4CCC4)ccc3C2=O)C(=O)N1. The van der Waals surface area contributed by atoms with Crippen LogP contribution in [0.15, 0.2) is 42.5 Å². The molecule has 4 amide bonds. The summed E-state index contributed by atoms with van der Waals surface area (Å²) in [6, 6.07) is 10.2. The van der Waals surface area contributed by atoms with Crippen LogP contribution in [0.4, 0.5) is 4.39 Å². The third-order valence-electron chi connectivity index (χ3n) is 6.92. The van der Waals surface area contributed by atoms with Crippen LogP contribution in [0.2, 0.25) is 0 Å². The number of carbonyl (C=O) groups is 4. The van der Waals surface area contributed by atoms with Crippen molar-refractivity contribution in [3.05, 3.63) is 70.5 Å². The summed E-state index contributed by atoms with van der Waals surface area (Å²) in [4.78, 5) is 51.1. The molecule has 1 unspecified atom stereocenters. The normalized spacial score (nSPS) is 21.3. The Bertz CT molecular complexity index is 1140. The summed E-state index contributed by atoms with van der Waals surface area (Å²) in [6.07, 6.45) is 3.59. The second kappa shape index (κ2) is 8.42. The van der Waals surface area contributed by atoms with Crippen LogP contribution in [0, 0.1) is 11.7 Å². The molecule has 0 bridgehead atoms. The van der Waals surface area contributed by atoms with Gasteiger partial charge in [-0.05, 0) is 66.6 Å². The fourth-order valence-corrected chi connectivity index (χ4v) is 4.86. The molecule has 0 aromatic heterocycles. The number of carbonyl (C=O) groups excluding carboxylic acids is 4. The maximum atomic E-state index is 13.4. The standard InChI is InChI=1S/C25H24FN3O4/c26-18-7-4-15(5-8-18)22(14-2-1-3-14)28-23(31)16-6-9-19-17(12-16)13-29(25(19)33)20-10-11-21(30)27-24(20)32/h4-9,12,14,20,22H,1-3,10-11,13H2,(H,28,31)(H,27,30,32)/t20?,22-/m1/s1. The van der Waals surface area contributed by atoms with Crippen molar-refractivity contribution in [2.75, 3.05) is 0 Å². The van der Waals surface area contributed by atoms with Crippen molar-refractivity contribution in [2.45, 2.75) is 50.7 Å². The Hall–Kier alpha value is -3.55. The molecule has 5 rings (SSSR count). The van der Waals surface area contributed by atoms with E-state index in [0.29, 0.717) is 29.0 Å². The van der Waals surface area contributed by atoms with E-state index in [9.17, 15) is 23.6 Å². The first-order valence-electron chi connectivity index (χ1n) is 11.2. The van der Waals surface area contributed by atoms with E-state index >= 15 is 0 Å². The van der Waals surface area contributed by atoms with E-state index in [4.69, 9.17) is 0 Å². The number of imide groups is 1. The minimum atomic E-state index is -0.693. The number of nitrogens with zero attached hydrogens (tertiary/aromatic N) is 1. The number of piperidine rings is 1. The molecule has 0 spiro atoms. The van der Waals surface area contributed by atoms with Crippen LogP contribution in [0.25, 0.3) is 0 Å². The van der Waals surface area contributed by atoms with E-state index < -0.39 is 11.9 Å². The summed E-state index contributed by atoms with van der Waals surface area (Å²) in [5.41, 5.74) is 2.44. The average Bonchev–Trinajstić information content (AvgIpc) is 3.08. The number of nitrogens with one attached hydrogen (secondary N) is 2. The van der Waals surface area contributed by atoms with E-state index in [0.717, 1.165) is 24.8 Å².